The van der Waals surface area contributed by atoms with Gasteiger partial charge in [-0.1, -0.05) is 40.2 Å². The van der Waals surface area contributed by atoms with Crippen molar-refractivity contribution < 1.29 is 4.79 Å². The molecule has 1 fully saturated rings. The van der Waals surface area contributed by atoms with Gasteiger partial charge < -0.3 is 4.90 Å². The monoisotopic (exact) mass is 372 g/mol. The fraction of sp³-hybridized carbons (Fsp3) is 0.316. The quantitative estimate of drug-likeness (QED) is 0.812. The van der Waals surface area contributed by atoms with Gasteiger partial charge in [-0.25, -0.2) is 0 Å². The summed E-state index contributed by atoms with van der Waals surface area (Å²) in [5.41, 5.74) is 3.55. The van der Waals surface area contributed by atoms with Crippen LogP contribution in [0.1, 0.15) is 18.1 Å². The predicted octanol–water partition coefficient (Wildman–Crippen LogP) is 3.99. The average molecular weight is 373 g/mol. The fourth-order valence-corrected chi connectivity index (χ4v) is 3.28. The maximum absolute atomic E-state index is 12.8. The minimum Gasteiger partial charge on any atom is -0.310 e. The Labute approximate surface area is 146 Å². The van der Waals surface area contributed by atoms with E-state index in [2.05, 4.69) is 52.0 Å². The molecule has 0 saturated carbocycles. The van der Waals surface area contributed by atoms with Crippen LogP contribution in [-0.2, 0) is 11.3 Å². The van der Waals surface area contributed by atoms with E-state index in [1.54, 1.807) is 0 Å². The molecule has 0 spiro atoms. The predicted molar refractivity (Wildman–Crippen MR) is 97.5 cm³/mol. The second-order valence-electron chi connectivity index (χ2n) is 6.04. The second kappa shape index (κ2) is 6.85. The van der Waals surface area contributed by atoms with E-state index in [9.17, 15) is 4.79 Å². The lowest BCUT2D eigenvalue weighted by Crippen LogP contribution is -2.55. The first-order valence-corrected chi connectivity index (χ1v) is 8.71. The number of hydrogen-bond acceptors (Lipinski definition) is 2. The molecule has 1 amide bonds. The third-order valence-electron chi connectivity index (χ3n) is 4.55. The standard InChI is InChI=1S/C19H21BrN2O/c1-14-5-3-4-6-16(14)13-21-11-12-22(19(23)15(21)2)18-9-7-17(20)8-10-18/h3-10,15H,11-13H2,1-2H3. The summed E-state index contributed by atoms with van der Waals surface area (Å²) >= 11 is 3.44. The lowest BCUT2D eigenvalue weighted by molar-refractivity contribution is -0.125. The smallest absolute Gasteiger partial charge is 0.244 e. The molecule has 120 valence electrons. The second-order valence-corrected chi connectivity index (χ2v) is 6.95. The van der Waals surface area contributed by atoms with E-state index in [1.807, 2.05) is 36.1 Å². The van der Waals surface area contributed by atoms with Crippen molar-refractivity contribution in [2.45, 2.75) is 26.4 Å². The Morgan fingerprint density at radius 1 is 1.09 bits per heavy atom. The van der Waals surface area contributed by atoms with Gasteiger partial charge in [-0.15, -0.1) is 0 Å². The number of rotatable bonds is 3. The van der Waals surface area contributed by atoms with E-state index in [4.69, 9.17) is 0 Å². The minimum atomic E-state index is -0.105. The van der Waals surface area contributed by atoms with Gasteiger partial charge in [0.05, 0.1) is 6.04 Å². The number of carbonyl (C=O) groups is 1. The van der Waals surface area contributed by atoms with Gasteiger partial charge in [0.15, 0.2) is 0 Å². The Morgan fingerprint density at radius 2 is 1.78 bits per heavy atom. The van der Waals surface area contributed by atoms with Gasteiger partial charge in [-0.2, -0.15) is 0 Å². The molecule has 23 heavy (non-hydrogen) atoms. The Morgan fingerprint density at radius 3 is 2.48 bits per heavy atom. The van der Waals surface area contributed by atoms with Crippen LogP contribution in [0.25, 0.3) is 0 Å². The number of hydrogen-bond donors (Lipinski definition) is 0. The van der Waals surface area contributed by atoms with Crippen molar-refractivity contribution in [3.05, 3.63) is 64.1 Å². The average Bonchev–Trinajstić information content (AvgIpc) is 2.55. The van der Waals surface area contributed by atoms with E-state index in [1.165, 1.54) is 11.1 Å². The highest BCUT2D eigenvalue weighted by molar-refractivity contribution is 9.10. The van der Waals surface area contributed by atoms with E-state index >= 15 is 0 Å². The third-order valence-corrected chi connectivity index (χ3v) is 5.08. The molecule has 0 N–H and O–H groups in total. The number of piperazine rings is 1. The van der Waals surface area contributed by atoms with E-state index < -0.39 is 0 Å². The zero-order valence-corrected chi connectivity index (χ0v) is 15.1. The molecule has 1 aliphatic heterocycles. The SMILES string of the molecule is Cc1ccccc1CN1CCN(c2ccc(Br)cc2)C(=O)C1C. The van der Waals surface area contributed by atoms with Crippen molar-refractivity contribution in [2.24, 2.45) is 0 Å². The molecular formula is C19H21BrN2O. The molecule has 3 rings (SSSR count). The van der Waals surface area contributed by atoms with Crippen molar-refractivity contribution in [1.29, 1.82) is 0 Å². The summed E-state index contributed by atoms with van der Waals surface area (Å²) in [7, 11) is 0. The molecule has 1 saturated heterocycles. The minimum absolute atomic E-state index is 0.105. The lowest BCUT2D eigenvalue weighted by atomic mass is 10.1. The van der Waals surface area contributed by atoms with Crippen LogP contribution >= 0.6 is 15.9 Å². The summed E-state index contributed by atoms with van der Waals surface area (Å²) in [5.74, 6) is 0.173. The summed E-state index contributed by atoms with van der Waals surface area (Å²) in [6.07, 6.45) is 0. The maximum Gasteiger partial charge on any atom is 0.244 e. The Kier molecular flexibility index (Phi) is 4.83. The summed E-state index contributed by atoms with van der Waals surface area (Å²) in [6.45, 7) is 6.58. The highest BCUT2D eigenvalue weighted by Crippen LogP contribution is 2.24. The molecule has 1 heterocycles. The molecule has 0 aromatic heterocycles. The van der Waals surface area contributed by atoms with Gasteiger partial charge >= 0.3 is 0 Å². The molecule has 2 aromatic carbocycles. The topological polar surface area (TPSA) is 23.6 Å². The highest BCUT2D eigenvalue weighted by atomic mass is 79.9. The van der Waals surface area contributed by atoms with Gasteiger partial charge in [-0.3, -0.25) is 9.69 Å². The fourth-order valence-electron chi connectivity index (χ4n) is 3.01. The number of nitrogens with zero attached hydrogens (tertiary/aromatic N) is 2. The summed E-state index contributed by atoms with van der Waals surface area (Å²) in [5, 5.41) is 0. The first kappa shape index (κ1) is 16.2. The Bertz CT molecular complexity index is 699. The summed E-state index contributed by atoms with van der Waals surface area (Å²) in [4.78, 5) is 16.9. The van der Waals surface area contributed by atoms with Crippen LogP contribution in [0.3, 0.4) is 0 Å². The van der Waals surface area contributed by atoms with E-state index in [0.29, 0.717) is 0 Å². The van der Waals surface area contributed by atoms with Crippen LogP contribution in [0.5, 0.6) is 0 Å². The van der Waals surface area contributed by atoms with Gasteiger partial charge in [0.1, 0.15) is 0 Å². The Balaban J connectivity index is 1.73. The highest BCUT2D eigenvalue weighted by Gasteiger charge is 2.32. The van der Waals surface area contributed by atoms with Crippen molar-refractivity contribution in [1.82, 2.24) is 4.90 Å². The van der Waals surface area contributed by atoms with Gasteiger partial charge in [0.2, 0.25) is 5.91 Å². The van der Waals surface area contributed by atoms with Crippen LogP contribution in [0.15, 0.2) is 53.0 Å². The van der Waals surface area contributed by atoms with Crippen molar-refractivity contribution in [2.75, 3.05) is 18.0 Å². The van der Waals surface area contributed by atoms with E-state index in [-0.39, 0.29) is 11.9 Å². The molecule has 2 aromatic rings. The normalized spacial score (nSPS) is 19.2. The Hall–Kier alpha value is -1.65. The molecule has 1 atom stereocenters. The molecule has 0 bridgehead atoms. The van der Waals surface area contributed by atoms with Crippen LogP contribution in [0.4, 0.5) is 5.69 Å². The van der Waals surface area contributed by atoms with Crippen LogP contribution in [0.2, 0.25) is 0 Å². The number of anilines is 1. The van der Waals surface area contributed by atoms with Gasteiger partial charge in [0.25, 0.3) is 0 Å². The zero-order valence-electron chi connectivity index (χ0n) is 13.5. The zero-order chi connectivity index (χ0) is 16.4. The molecule has 1 aliphatic rings. The number of carbonyl (C=O) groups excluding carboxylic acids is 1. The van der Waals surface area contributed by atoms with Crippen molar-refractivity contribution in [3.63, 3.8) is 0 Å². The van der Waals surface area contributed by atoms with Crippen molar-refractivity contribution >= 4 is 27.5 Å². The lowest BCUT2D eigenvalue weighted by Gasteiger charge is -2.39. The summed E-state index contributed by atoms with van der Waals surface area (Å²) in [6, 6.07) is 16.2. The maximum atomic E-state index is 12.8. The van der Waals surface area contributed by atoms with Gasteiger partial charge in [-0.05, 0) is 49.2 Å². The van der Waals surface area contributed by atoms with Gasteiger partial charge in [0, 0.05) is 29.8 Å². The largest absolute Gasteiger partial charge is 0.310 e. The first-order valence-electron chi connectivity index (χ1n) is 7.92. The molecule has 3 nitrogen and oxygen atoms in total. The molecular weight excluding hydrogens is 352 g/mol. The third kappa shape index (κ3) is 3.48. The molecule has 0 radical (unpaired) electrons. The van der Waals surface area contributed by atoms with Crippen molar-refractivity contribution in [3.8, 4) is 0 Å². The number of benzene rings is 2. The number of aryl methyl sites for hydroxylation is 1. The molecule has 1 unspecified atom stereocenters. The number of amides is 1. The first-order chi connectivity index (χ1) is 11.1. The van der Waals surface area contributed by atoms with Crippen LogP contribution < -0.4 is 4.90 Å². The van der Waals surface area contributed by atoms with Crippen LogP contribution in [-0.4, -0.2) is 29.9 Å². The molecule has 4 heteroatoms. The number of halogens is 1. The van der Waals surface area contributed by atoms with Crippen LogP contribution in [0, 0.1) is 6.92 Å². The molecule has 0 aliphatic carbocycles. The summed E-state index contributed by atoms with van der Waals surface area (Å²) < 4.78 is 1.03. The van der Waals surface area contributed by atoms with E-state index in [0.717, 1.165) is 29.8 Å².